The molecule has 1 aromatic heterocycles. The highest BCUT2D eigenvalue weighted by Gasteiger charge is 2.31. The number of carbonyl (C=O) groups is 1. The van der Waals surface area contributed by atoms with Crippen LogP contribution in [0.5, 0.6) is 0 Å². The molecule has 3 rings (SSSR count). The summed E-state index contributed by atoms with van der Waals surface area (Å²) in [6, 6.07) is 8.91. The summed E-state index contributed by atoms with van der Waals surface area (Å²) < 4.78 is 13.2. The van der Waals surface area contributed by atoms with Crippen LogP contribution in [0, 0.1) is 18.7 Å². The van der Waals surface area contributed by atoms with Gasteiger partial charge in [0.05, 0.1) is 4.88 Å². The number of carbonyl (C=O) groups excluding carboxylic acids is 1. The third-order valence-corrected chi connectivity index (χ3v) is 4.39. The number of hydrogen-bond acceptors (Lipinski definition) is 2. The van der Waals surface area contributed by atoms with Gasteiger partial charge in [-0.2, -0.15) is 0 Å². The lowest BCUT2D eigenvalue weighted by Gasteiger charge is -2.00. The van der Waals surface area contributed by atoms with E-state index in [9.17, 15) is 9.18 Å². The van der Waals surface area contributed by atoms with Crippen LogP contribution in [-0.2, 0) is 0 Å². The fourth-order valence-corrected chi connectivity index (χ4v) is 2.99. The van der Waals surface area contributed by atoms with E-state index in [0.29, 0.717) is 5.56 Å². The smallest absolute Gasteiger partial charge is 0.175 e. The number of thiophene rings is 1. The highest BCUT2D eigenvalue weighted by Crippen LogP contribution is 2.36. The summed E-state index contributed by atoms with van der Waals surface area (Å²) in [5.41, 5.74) is 1.62. The van der Waals surface area contributed by atoms with E-state index in [-0.39, 0.29) is 17.5 Å². The van der Waals surface area contributed by atoms with E-state index in [0.717, 1.165) is 28.2 Å². The van der Waals surface area contributed by atoms with Crippen molar-refractivity contribution in [1.29, 1.82) is 0 Å². The van der Waals surface area contributed by atoms with Crippen molar-refractivity contribution < 1.29 is 9.18 Å². The Hall–Kier alpha value is -1.48. The van der Waals surface area contributed by atoms with Gasteiger partial charge in [0.15, 0.2) is 5.78 Å². The van der Waals surface area contributed by atoms with Gasteiger partial charge in [-0.1, -0.05) is 6.07 Å². The standard InChI is InChI=1S/C15H13FOS/c1-9-8-11(4-5-12(9)16)13-6-7-14(18-13)15(17)10-2-3-10/h4-8,10H,2-3H2,1H3. The van der Waals surface area contributed by atoms with Crippen molar-refractivity contribution in [2.45, 2.75) is 19.8 Å². The molecule has 1 nitrogen and oxygen atoms in total. The molecule has 1 aliphatic carbocycles. The lowest BCUT2D eigenvalue weighted by Crippen LogP contribution is -1.96. The minimum Gasteiger partial charge on any atom is -0.293 e. The average molecular weight is 260 g/mol. The van der Waals surface area contributed by atoms with Gasteiger partial charge in [-0.3, -0.25) is 4.79 Å². The third-order valence-electron chi connectivity index (χ3n) is 3.24. The van der Waals surface area contributed by atoms with E-state index in [1.807, 2.05) is 18.2 Å². The highest BCUT2D eigenvalue weighted by molar-refractivity contribution is 7.17. The molecule has 0 radical (unpaired) electrons. The first-order chi connectivity index (χ1) is 8.65. The predicted octanol–water partition coefficient (Wildman–Crippen LogP) is 4.46. The van der Waals surface area contributed by atoms with E-state index < -0.39 is 0 Å². The number of Topliss-reactive ketones (excluding diaryl/α,β-unsaturated/α-hetero) is 1. The Morgan fingerprint density at radius 3 is 2.72 bits per heavy atom. The maximum atomic E-state index is 13.2. The Labute approximate surface area is 109 Å². The monoisotopic (exact) mass is 260 g/mol. The molecule has 18 heavy (non-hydrogen) atoms. The molecule has 1 saturated carbocycles. The minimum atomic E-state index is -0.190. The molecule has 92 valence electrons. The fraction of sp³-hybridized carbons (Fsp3) is 0.267. The van der Waals surface area contributed by atoms with Gasteiger partial charge in [-0.05, 0) is 55.2 Å². The summed E-state index contributed by atoms with van der Waals surface area (Å²) in [6.07, 6.45) is 2.06. The summed E-state index contributed by atoms with van der Waals surface area (Å²) in [7, 11) is 0. The molecule has 3 heteroatoms. The fourth-order valence-electron chi connectivity index (χ4n) is 1.97. The van der Waals surface area contributed by atoms with E-state index in [1.165, 1.54) is 17.4 Å². The average Bonchev–Trinajstić information content (AvgIpc) is 3.09. The molecular weight excluding hydrogens is 247 g/mol. The molecule has 0 saturated heterocycles. The molecule has 1 aromatic carbocycles. The van der Waals surface area contributed by atoms with Crippen molar-refractivity contribution in [2.24, 2.45) is 5.92 Å². The molecule has 0 aliphatic heterocycles. The van der Waals surface area contributed by atoms with Gasteiger partial charge in [0, 0.05) is 10.8 Å². The van der Waals surface area contributed by atoms with Gasteiger partial charge >= 0.3 is 0 Å². The largest absolute Gasteiger partial charge is 0.293 e. The Balaban J connectivity index is 1.92. The minimum absolute atomic E-state index is 0.190. The first-order valence-corrected chi connectivity index (χ1v) is 6.87. The first-order valence-electron chi connectivity index (χ1n) is 6.06. The Morgan fingerprint density at radius 1 is 1.28 bits per heavy atom. The molecule has 0 bridgehead atoms. The molecule has 0 amide bonds. The second-order valence-electron chi connectivity index (χ2n) is 4.77. The van der Waals surface area contributed by atoms with Crippen molar-refractivity contribution in [3.05, 3.63) is 46.6 Å². The van der Waals surface area contributed by atoms with Gasteiger partial charge in [-0.25, -0.2) is 4.39 Å². The van der Waals surface area contributed by atoms with Crippen molar-refractivity contribution in [2.75, 3.05) is 0 Å². The van der Waals surface area contributed by atoms with Crippen molar-refractivity contribution in [3.8, 4) is 10.4 Å². The van der Waals surface area contributed by atoms with Crippen molar-refractivity contribution >= 4 is 17.1 Å². The molecule has 0 spiro atoms. The van der Waals surface area contributed by atoms with Crippen LogP contribution in [0.25, 0.3) is 10.4 Å². The molecular formula is C15H13FOS. The zero-order chi connectivity index (χ0) is 12.7. The van der Waals surface area contributed by atoms with Gasteiger partial charge < -0.3 is 0 Å². The van der Waals surface area contributed by atoms with Gasteiger partial charge in [0.2, 0.25) is 0 Å². The summed E-state index contributed by atoms with van der Waals surface area (Å²) in [5, 5.41) is 0. The molecule has 0 atom stereocenters. The van der Waals surface area contributed by atoms with Crippen LogP contribution in [0.3, 0.4) is 0 Å². The number of hydrogen-bond donors (Lipinski definition) is 0. The van der Waals surface area contributed by atoms with Crippen LogP contribution in [0.15, 0.2) is 30.3 Å². The zero-order valence-corrected chi connectivity index (χ0v) is 10.9. The van der Waals surface area contributed by atoms with Gasteiger partial charge in [0.25, 0.3) is 0 Å². The topological polar surface area (TPSA) is 17.1 Å². The zero-order valence-electron chi connectivity index (χ0n) is 10.1. The van der Waals surface area contributed by atoms with Crippen molar-refractivity contribution in [1.82, 2.24) is 0 Å². The third kappa shape index (κ3) is 2.10. The van der Waals surface area contributed by atoms with Crippen LogP contribution < -0.4 is 0 Å². The maximum absolute atomic E-state index is 13.2. The predicted molar refractivity (Wildman–Crippen MR) is 71.5 cm³/mol. The number of ketones is 1. The second kappa shape index (κ2) is 4.32. The summed E-state index contributed by atoms with van der Waals surface area (Å²) in [4.78, 5) is 13.8. The second-order valence-corrected chi connectivity index (χ2v) is 5.85. The SMILES string of the molecule is Cc1cc(-c2ccc(C(=O)C3CC3)s2)ccc1F. The lowest BCUT2D eigenvalue weighted by molar-refractivity contribution is 0.0971. The Morgan fingerprint density at radius 2 is 2.06 bits per heavy atom. The molecule has 1 heterocycles. The molecule has 0 N–H and O–H groups in total. The molecule has 0 unspecified atom stereocenters. The van der Waals surface area contributed by atoms with E-state index in [1.54, 1.807) is 13.0 Å². The number of rotatable bonds is 3. The molecule has 1 fully saturated rings. The summed E-state index contributed by atoms with van der Waals surface area (Å²) >= 11 is 1.50. The quantitative estimate of drug-likeness (QED) is 0.745. The highest BCUT2D eigenvalue weighted by atomic mass is 32.1. The summed E-state index contributed by atoms with van der Waals surface area (Å²) in [6.45, 7) is 1.75. The Bertz CT molecular complexity index is 611. The molecule has 1 aliphatic rings. The van der Waals surface area contributed by atoms with Crippen LogP contribution in [0.2, 0.25) is 0 Å². The maximum Gasteiger partial charge on any atom is 0.175 e. The lowest BCUT2D eigenvalue weighted by atomic mass is 10.1. The van der Waals surface area contributed by atoms with Gasteiger partial charge in [-0.15, -0.1) is 11.3 Å². The van der Waals surface area contributed by atoms with Gasteiger partial charge in [0.1, 0.15) is 5.82 Å². The van der Waals surface area contributed by atoms with Crippen LogP contribution >= 0.6 is 11.3 Å². The van der Waals surface area contributed by atoms with E-state index in [4.69, 9.17) is 0 Å². The van der Waals surface area contributed by atoms with E-state index >= 15 is 0 Å². The van der Waals surface area contributed by atoms with Crippen LogP contribution in [0.1, 0.15) is 28.1 Å². The summed E-state index contributed by atoms with van der Waals surface area (Å²) in [5.74, 6) is 0.334. The number of benzene rings is 1. The Kier molecular flexibility index (Phi) is 2.78. The normalized spacial score (nSPS) is 14.8. The molecule has 2 aromatic rings. The van der Waals surface area contributed by atoms with Crippen molar-refractivity contribution in [3.63, 3.8) is 0 Å². The first kappa shape index (κ1) is 11.6. The van der Waals surface area contributed by atoms with Crippen LogP contribution in [0.4, 0.5) is 4.39 Å². The van der Waals surface area contributed by atoms with E-state index in [2.05, 4.69) is 0 Å². The van der Waals surface area contributed by atoms with Crippen LogP contribution in [-0.4, -0.2) is 5.78 Å². The number of aryl methyl sites for hydroxylation is 1. The number of halogens is 1.